The van der Waals surface area contributed by atoms with Crippen molar-refractivity contribution in [3.8, 4) is 0 Å². The average Bonchev–Trinajstić information content (AvgIpc) is 1.87. The highest BCUT2D eigenvalue weighted by atomic mass is 35.5. The highest BCUT2D eigenvalue weighted by molar-refractivity contribution is 5.85. The Hall–Kier alpha value is 0.0700. The molecule has 0 heterocycles. The Morgan fingerprint density at radius 3 is 2.33 bits per heavy atom. The number of hydrogen-bond donors (Lipinski definition) is 1. The summed E-state index contributed by atoms with van der Waals surface area (Å²) < 4.78 is 29.0. The van der Waals surface area contributed by atoms with E-state index in [0.717, 1.165) is 0 Å². The predicted molar refractivity (Wildman–Crippen MR) is 44.8 cm³/mol. The van der Waals surface area contributed by atoms with E-state index < -0.39 is 17.9 Å². The van der Waals surface area contributed by atoms with Gasteiger partial charge in [-0.25, -0.2) is 8.78 Å². The largest absolute Gasteiger partial charge is 0.377 e. The van der Waals surface area contributed by atoms with Crippen LogP contribution in [-0.2, 0) is 4.74 Å². The van der Waals surface area contributed by atoms with Crippen LogP contribution in [0.2, 0.25) is 0 Å². The summed E-state index contributed by atoms with van der Waals surface area (Å²) in [4.78, 5) is 0. The molecule has 0 unspecified atom stereocenters. The highest BCUT2D eigenvalue weighted by Gasteiger charge is 2.47. The van der Waals surface area contributed by atoms with Crippen LogP contribution in [0.25, 0.3) is 0 Å². The van der Waals surface area contributed by atoms with E-state index >= 15 is 0 Å². The lowest BCUT2D eigenvalue weighted by Gasteiger charge is -2.45. The molecule has 0 aromatic rings. The number of hydrogen-bond acceptors (Lipinski definition) is 2. The van der Waals surface area contributed by atoms with Crippen molar-refractivity contribution in [3.63, 3.8) is 0 Å². The first-order valence-electron chi connectivity index (χ1n) is 3.67. The molecule has 0 radical (unpaired) electrons. The SMILES string of the molecule is COC1(CN)CC(C(F)F)C1.Cl. The molecule has 74 valence electrons. The predicted octanol–water partition coefficient (Wildman–Crippen LogP) is 1.43. The second kappa shape index (κ2) is 4.35. The molecule has 0 saturated heterocycles. The van der Waals surface area contributed by atoms with Crippen molar-refractivity contribution in [2.45, 2.75) is 24.9 Å². The van der Waals surface area contributed by atoms with Crippen LogP contribution in [0.3, 0.4) is 0 Å². The van der Waals surface area contributed by atoms with Crippen LogP contribution in [0.1, 0.15) is 12.8 Å². The van der Waals surface area contributed by atoms with Gasteiger partial charge in [0.15, 0.2) is 0 Å². The monoisotopic (exact) mass is 201 g/mol. The van der Waals surface area contributed by atoms with Crippen LogP contribution in [0, 0.1) is 5.92 Å². The summed E-state index contributed by atoms with van der Waals surface area (Å²) in [5, 5.41) is 0. The maximum atomic E-state index is 12.0. The molecular weight excluding hydrogens is 188 g/mol. The van der Waals surface area contributed by atoms with Gasteiger partial charge in [0.05, 0.1) is 5.60 Å². The lowest BCUT2D eigenvalue weighted by atomic mass is 9.71. The standard InChI is InChI=1S/C7H13F2NO.ClH/c1-11-7(4-10)2-5(3-7)6(8)9;/h5-6H,2-4,10H2,1H3;1H. The molecule has 12 heavy (non-hydrogen) atoms. The van der Waals surface area contributed by atoms with Crippen molar-refractivity contribution < 1.29 is 13.5 Å². The van der Waals surface area contributed by atoms with Crippen LogP contribution >= 0.6 is 12.4 Å². The lowest BCUT2D eigenvalue weighted by molar-refractivity contribution is -0.135. The van der Waals surface area contributed by atoms with Crippen molar-refractivity contribution in [2.24, 2.45) is 11.7 Å². The summed E-state index contributed by atoms with van der Waals surface area (Å²) in [6.45, 7) is 0.340. The fraction of sp³-hybridized carbons (Fsp3) is 1.00. The van der Waals surface area contributed by atoms with Crippen molar-refractivity contribution in [1.82, 2.24) is 0 Å². The smallest absolute Gasteiger partial charge is 0.241 e. The zero-order chi connectivity index (χ0) is 8.48. The Kier molecular flexibility index (Phi) is 4.37. The molecule has 5 heteroatoms. The highest BCUT2D eigenvalue weighted by Crippen LogP contribution is 2.42. The minimum Gasteiger partial charge on any atom is -0.377 e. The Morgan fingerprint density at radius 1 is 1.58 bits per heavy atom. The van der Waals surface area contributed by atoms with Crippen LogP contribution in [-0.4, -0.2) is 25.7 Å². The fourth-order valence-corrected chi connectivity index (χ4v) is 1.49. The van der Waals surface area contributed by atoms with Gasteiger partial charge in [-0.1, -0.05) is 0 Å². The molecule has 2 N–H and O–H groups in total. The molecule has 1 fully saturated rings. The molecule has 0 spiro atoms. The maximum absolute atomic E-state index is 12.0. The van der Waals surface area contributed by atoms with Gasteiger partial charge in [0.2, 0.25) is 6.43 Å². The third-order valence-electron chi connectivity index (χ3n) is 2.43. The molecule has 1 aliphatic rings. The molecule has 0 aromatic carbocycles. The van der Waals surface area contributed by atoms with Crippen molar-refractivity contribution in [1.29, 1.82) is 0 Å². The van der Waals surface area contributed by atoms with Gasteiger partial charge in [0, 0.05) is 19.6 Å². The molecule has 0 aliphatic heterocycles. The van der Waals surface area contributed by atoms with E-state index in [1.165, 1.54) is 7.11 Å². The Bertz CT molecular complexity index is 133. The summed E-state index contributed by atoms with van der Waals surface area (Å²) in [7, 11) is 1.52. The Balaban J connectivity index is 0.00000121. The summed E-state index contributed by atoms with van der Waals surface area (Å²) in [5.74, 6) is -0.501. The normalized spacial score (nSPS) is 34.2. The van der Waals surface area contributed by atoms with Gasteiger partial charge >= 0.3 is 0 Å². The zero-order valence-electron chi connectivity index (χ0n) is 6.93. The molecule has 0 atom stereocenters. The summed E-state index contributed by atoms with van der Waals surface area (Å²) in [6.07, 6.45) is -1.42. The van der Waals surface area contributed by atoms with E-state index in [9.17, 15) is 8.78 Å². The van der Waals surface area contributed by atoms with E-state index in [4.69, 9.17) is 10.5 Å². The first-order valence-corrected chi connectivity index (χ1v) is 3.67. The maximum Gasteiger partial charge on any atom is 0.241 e. The van der Waals surface area contributed by atoms with Gasteiger partial charge < -0.3 is 10.5 Å². The average molecular weight is 202 g/mol. The number of alkyl halides is 2. The van der Waals surface area contributed by atoms with E-state index in [1.54, 1.807) is 0 Å². The molecule has 1 rings (SSSR count). The van der Waals surface area contributed by atoms with Gasteiger partial charge in [-0.2, -0.15) is 0 Å². The first kappa shape index (κ1) is 12.1. The van der Waals surface area contributed by atoms with Crippen LogP contribution in [0.5, 0.6) is 0 Å². The second-order valence-electron chi connectivity index (χ2n) is 3.09. The van der Waals surface area contributed by atoms with Crippen molar-refractivity contribution in [3.05, 3.63) is 0 Å². The number of rotatable bonds is 3. The first-order chi connectivity index (χ1) is 5.13. The third kappa shape index (κ3) is 2.06. The Morgan fingerprint density at radius 2 is 2.08 bits per heavy atom. The van der Waals surface area contributed by atoms with E-state index in [2.05, 4.69) is 0 Å². The summed E-state index contributed by atoms with van der Waals surface area (Å²) >= 11 is 0. The lowest BCUT2D eigenvalue weighted by Crippen LogP contribution is -2.53. The minimum absolute atomic E-state index is 0. The van der Waals surface area contributed by atoms with Crippen molar-refractivity contribution >= 4 is 12.4 Å². The van der Waals surface area contributed by atoms with E-state index in [-0.39, 0.29) is 12.4 Å². The molecule has 1 saturated carbocycles. The second-order valence-corrected chi connectivity index (χ2v) is 3.09. The molecular formula is C7H14ClF2NO. The summed E-state index contributed by atoms with van der Waals surface area (Å²) in [6, 6.07) is 0. The van der Waals surface area contributed by atoms with E-state index in [0.29, 0.717) is 19.4 Å². The topological polar surface area (TPSA) is 35.2 Å². The van der Waals surface area contributed by atoms with E-state index in [1.807, 2.05) is 0 Å². The number of halogens is 3. The summed E-state index contributed by atoms with van der Waals surface area (Å²) in [5.41, 5.74) is 4.93. The zero-order valence-corrected chi connectivity index (χ0v) is 7.74. The van der Waals surface area contributed by atoms with Crippen LogP contribution < -0.4 is 5.73 Å². The van der Waals surface area contributed by atoms with Gasteiger partial charge in [-0.15, -0.1) is 12.4 Å². The Labute approximate surface area is 76.9 Å². The van der Waals surface area contributed by atoms with Crippen LogP contribution in [0.15, 0.2) is 0 Å². The van der Waals surface area contributed by atoms with Gasteiger partial charge in [0.1, 0.15) is 0 Å². The fourth-order valence-electron chi connectivity index (χ4n) is 1.49. The van der Waals surface area contributed by atoms with Gasteiger partial charge in [-0.3, -0.25) is 0 Å². The van der Waals surface area contributed by atoms with Crippen molar-refractivity contribution in [2.75, 3.05) is 13.7 Å². The molecule has 0 bridgehead atoms. The molecule has 0 amide bonds. The third-order valence-corrected chi connectivity index (χ3v) is 2.43. The quantitative estimate of drug-likeness (QED) is 0.750. The molecule has 1 aliphatic carbocycles. The van der Waals surface area contributed by atoms with Gasteiger partial charge in [0.25, 0.3) is 0 Å². The number of ether oxygens (including phenoxy) is 1. The minimum atomic E-state index is -2.22. The number of nitrogens with two attached hydrogens (primary N) is 1. The molecule has 2 nitrogen and oxygen atoms in total. The van der Waals surface area contributed by atoms with Crippen LogP contribution in [0.4, 0.5) is 8.78 Å². The number of methoxy groups -OCH3 is 1. The van der Waals surface area contributed by atoms with Gasteiger partial charge in [-0.05, 0) is 12.8 Å². The molecule has 0 aromatic heterocycles.